The third kappa shape index (κ3) is 6.12. The third-order valence-electron chi connectivity index (χ3n) is 5.24. The lowest BCUT2D eigenvalue weighted by molar-refractivity contribution is -0.118. The molecule has 0 saturated carbocycles. The van der Waals surface area contributed by atoms with Gasteiger partial charge in [-0.3, -0.25) is 14.5 Å². The van der Waals surface area contributed by atoms with Crippen LogP contribution in [0.1, 0.15) is 23.4 Å². The number of ether oxygens (including phenoxy) is 2. The highest BCUT2D eigenvalue weighted by Crippen LogP contribution is 2.46. The predicted molar refractivity (Wildman–Crippen MR) is 145 cm³/mol. The lowest BCUT2D eigenvalue weighted by Gasteiger charge is -2.25. The van der Waals surface area contributed by atoms with Crippen LogP contribution in [0.2, 0.25) is 5.02 Å². The summed E-state index contributed by atoms with van der Waals surface area (Å²) in [5.74, 6) is 1.04. The molecule has 6 nitrogen and oxygen atoms in total. The Morgan fingerprint density at radius 3 is 2.66 bits per heavy atom. The van der Waals surface area contributed by atoms with E-state index in [2.05, 4.69) is 21.2 Å². The largest absolute Gasteiger partial charge is 0.490 e. The maximum Gasteiger partial charge on any atom is 0.262 e. The van der Waals surface area contributed by atoms with Crippen LogP contribution in [-0.2, 0) is 9.59 Å². The molecule has 1 heterocycles. The molecule has 2 amide bonds. The molecule has 9 heteroatoms. The van der Waals surface area contributed by atoms with Crippen molar-refractivity contribution >= 4 is 62.5 Å². The number of carbonyl (C=O) groups excluding carboxylic acids is 2. The number of thioether (sulfide) groups is 1. The second-order valence-electron chi connectivity index (χ2n) is 7.87. The molecule has 182 valence electrons. The molecule has 0 spiro atoms. The monoisotopic (exact) mass is 574 g/mol. The van der Waals surface area contributed by atoms with Crippen LogP contribution in [-0.4, -0.2) is 30.8 Å². The highest BCUT2D eigenvalue weighted by molar-refractivity contribution is 9.10. The van der Waals surface area contributed by atoms with Gasteiger partial charge < -0.3 is 14.8 Å². The highest BCUT2D eigenvalue weighted by Gasteiger charge is 2.35. The summed E-state index contributed by atoms with van der Waals surface area (Å²) >= 11 is 11.1. The molecule has 0 radical (unpaired) electrons. The smallest absolute Gasteiger partial charge is 0.262 e. The number of halogens is 2. The van der Waals surface area contributed by atoms with Gasteiger partial charge in [-0.2, -0.15) is 0 Å². The van der Waals surface area contributed by atoms with Gasteiger partial charge in [0.25, 0.3) is 5.91 Å². The van der Waals surface area contributed by atoms with Crippen molar-refractivity contribution in [2.24, 2.45) is 0 Å². The molecule has 1 atom stereocenters. The molecule has 1 aliphatic rings. The van der Waals surface area contributed by atoms with E-state index in [1.165, 1.54) is 11.8 Å². The molecule has 1 fully saturated rings. The first-order valence-corrected chi connectivity index (χ1v) is 13.2. The standard InChI is InChI=1S/C26H24BrClN2O4S/c1-3-33-22-13-17(26-30(24(32)15-35-26)20-9-7-18(28)8-10-20)12-21(27)25(22)34-14-23(31)29-19-6-4-5-16(2)11-19/h4-13,26H,3,14-15H2,1-2H3,(H,29,31)/t26-/m0/s1. The van der Waals surface area contributed by atoms with Gasteiger partial charge in [0.2, 0.25) is 5.91 Å². The van der Waals surface area contributed by atoms with E-state index in [9.17, 15) is 9.59 Å². The number of benzene rings is 3. The van der Waals surface area contributed by atoms with Crippen molar-refractivity contribution in [2.45, 2.75) is 19.2 Å². The summed E-state index contributed by atoms with van der Waals surface area (Å²) in [6, 6.07) is 18.5. The topological polar surface area (TPSA) is 67.9 Å². The molecule has 35 heavy (non-hydrogen) atoms. The van der Waals surface area contributed by atoms with Crippen LogP contribution in [0.15, 0.2) is 65.1 Å². The minimum absolute atomic E-state index is 0.0181. The fourth-order valence-corrected chi connectivity index (χ4v) is 5.60. The van der Waals surface area contributed by atoms with Gasteiger partial charge in [0.05, 0.1) is 16.8 Å². The quantitative estimate of drug-likeness (QED) is 0.328. The van der Waals surface area contributed by atoms with Crippen molar-refractivity contribution in [1.29, 1.82) is 0 Å². The first-order valence-electron chi connectivity index (χ1n) is 11.0. The number of amides is 2. The van der Waals surface area contributed by atoms with E-state index in [0.717, 1.165) is 16.8 Å². The van der Waals surface area contributed by atoms with Gasteiger partial charge in [-0.15, -0.1) is 11.8 Å². The lowest BCUT2D eigenvalue weighted by Crippen LogP contribution is -2.27. The summed E-state index contributed by atoms with van der Waals surface area (Å²) in [4.78, 5) is 26.9. The molecule has 1 saturated heterocycles. The van der Waals surface area contributed by atoms with Crippen molar-refractivity contribution in [3.8, 4) is 11.5 Å². The molecule has 0 aromatic heterocycles. The molecule has 0 aliphatic carbocycles. The van der Waals surface area contributed by atoms with Crippen molar-refractivity contribution < 1.29 is 19.1 Å². The number of aryl methyl sites for hydroxylation is 1. The Kier molecular flexibility index (Phi) is 8.26. The number of anilines is 2. The zero-order chi connectivity index (χ0) is 24.9. The molecule has 3 aromatic carbocycles. The average Bonchev–Trinajstić information content (AvgIpc) is 3.20. The Bertz CT molecular complexity index is 1240. The fourth-order valence-electron chi connectivity index (χ4n) is 3.74. The second kappa shape index (κ2) is 11.4. The number of nitrogens with zero attached hydrogens (tertiary/aromatic N) is 1. The third-order valence-corrected chi connectivity index (χ3v) is 7.29. The highest BCUT2D eigenvalue weighted by atomic mass is 79.9. The summed E-state index contributed by atoms with van der Waals surface area (Å²) in [7, 11) is 0. The molecule has 1 aliphatic heterocycles. The summed E-state index contributed by atoms with van der Waals surface area (Å²) < 4.78 is 12.4. The Morgan fingerprint density at radius 2 is 1.94 bits per heavy atom. The Balaban J connectivity index is 1.55. The van der Waals surface area contributed by atoms with Crippen molar-refractivity contribution in [2.75, 3.05) is 29.2 Å². The van der Waals surface area contributed by atoms with E-state index in [4.69, 9.17) is 21.1 Å². The van der Waals surface area contributed by atoms with Crippen LogP contribution in [0, 0.1) is 6.92 Å². The van der Waals surface area contributed by atoms with Crippen LogP contribution in [0.4, 0.5) is 11.4 Å². The summed E-state index contributed by atoms with van der Waals surface area (Å²) in [5.41, 5.74) is 3.42. The Hall–Kier alpha value is -2.68. The van der Waals surface area contributed by atoms with Gasteiger partial charge in [-0.25, -0.2) is 0 Å². The summed E-state index contributed by atoms with van der Waals surface area (Å²) in [6.45, 7) is 4.07. The molecular formula is C26H24BrClN2O4S. The van der Waals surface area contributed by atoms with E-state index in [1.807, 2.05) is 62.4 Å². The number of nitrogens with one attached hydrogen (secondary N) is 1. The van der Waals surface area contributed by atoms with Crippen molar-refractivity contribution in [3.05, 3.63) is 81.3 Å². The SMILES string of the molecule is CCOc1cc([C@@H]2SCC(=O)N2c2ccc(Cl)cc2)cc(Br)c1OCC(=O)Nc1cccc(C)c1. The van der Waals surface area contributed by atoms with Gasteiger partial charge in [0, 0.05) is 16.4 Å². The fraction of sp³-hybridized carbons (Fsp3) is 0.231. The average molecular weight is 576 g/mol. The van der Waals surface area contributed by atoms with Crippen LogP contribution in [0.5, 0.6) is 11.5 Å². The van der Waals surface area contributed by atoms with Gasteiger partial charge in [-0.05, 0) is 89.4 Å². The first kappa shape index (κ1) is 25.4. The number of carbonyl (C=O) groups is 2. The van der Waals surface area contributed by atoms with Gasteiger partial charge in [0.15, 0.2) is 18.1 Å². The lowest BCUT2D eigenvalue weighted by atomic mass is 10.1. The van der Waals surface area contributed by atoms with Gasteiger partial charge >= 0.3 is 0 Å². The second-order valence-corrected chi connectivity index (χ2v) is 10.2. The van der Waals surface area contributed by atoms with Crippen molar-refractivity contribution in [3.63, 3.8) is 0 Å². The van der Waals surface area contributed by atoms with E-state index in [1.54, 1.807) is 17.0 Å². The number of rotatable bonds is 8. The summed E-state index contributed by atoms with van der Waals surface area (Å²) in [6.07, 6.45) is 0. The normalized spacial score (nSPS) is 15.3. The molecule has 0 unspecified atom stereocenters. The van der Waals surface area contributed by atoms with Gasteiger partial charge in [0.1, 0.15) is 5.37 Å². The predicted octanol–water partition coefficient (Wildman–Crippen LogP) is 6.61. The zero-order valence-corrected chi connectivity index (χ0v) is 22.4. The van der Waals surface area contributed by atoms with Crippen LogP contribution in [0.25, 0.3) is 0 Å². The van der Waals surface area contributed by atoms with E-state index in [-0.39, 0.29) is 23.8 Å². The zero-order valence-electron chi connectivity index (χ0n) is 19.2. The van der Waals surface area contributed by atoms with Crippen LogP contribution in [0.3, 0.4) is 0 Å². The maximum atomic E-state index is 12.7. The van der Waals surface area contributed by atoms with E-state index in [0.29, 0.717) is 39.0 Å². The molecule has 3 aromatic rings. The van der Waals surface area contributed by atoms with Crippen molar-refractivity contribution in [1.82, 2.24) is 0 Å². The van der Waals surface area contributed by atoms with Gasteiger partial charge in [-0.1, -0.05) is 23.7 Å². The first-order chi connectivity index (χ1) is 16.9. The molecule has 1 N–H and O–H groups in total. The van der Waals surface area contributed by atoms with E-state index < -0.39 is 0 Å². The molecule has 4 rings (SSSR count). The summed E-state index contributed by atoms with van der Waals surface area (Å²) in [5, 5.41) is 3.21. The van der Waals surface area contributed by atoms with Crippen LogP contribution >= 0.6 is 39.3 Å². The maximum absolute atomic E-state index is 12.7. The minimum Gasteiger partial charge on any atom is -0.490 e. The minimum atomic E-state index is -0.278. The Labute approximate surface area is 222 Å². The van der Waals surface area contributed by atoms with E-state index >= 15 is 0 Å². The number of hydrogen-bond donors (Lipinski definition) is 1. The molecule has 0 bridgehead atoms. The number of hydrogen-bond acceptors (Lipinski definition) is 5. The Morgan fingerprint density at radius 1 is 1.17 bits per heavy atom. The van der Waals surface area contributed by atoms with Crippen LogP contribution < -0.4 is 19.7 Å². The molecular weight excluding hydrogens is 552 g/mol.